The first kappa shape index (κ1) is 15.2. The fourth-order valence-electron chi connectivity index (χ4n) is 1.94. The van der Waals surface area contributed by atoms with E-state index in [2.05, 4.69) is 30.8 Å². The van der Waals surface area contributed by atoms with Crippen LogP contribution in [0.5, 0.6) is 0 Å². The molecule has 0 aliphatic heterocycles. The number of nitriles is 1. The summed E-state index contributed by atoms with van der Waals surface area (Å²) in [4.78, 5) is 19.9. The van der Waals surface area contributed by atoms with Crippen LogP contribution in [0.4, 0.5) is 17.3 Å². The van der Waals surface area contributed by atoms with Gasteiger partial charge in [0.15, 0.2) is 5.82 Å². The van der Waals surface area contributed by atoms with Crippen LogP contribution in [0.15, 0.2) is 37.1 Å². The van der Waals surface area contributed by atoms with E-state index in [4.69, 9.17) is 5.26 Å². The predicted molar refractivity (Wildman–Crippen MR) is 84.5 cm³/mol. The SMILES string of the molecule is Cn1cc(Nc2nccc(-n3cc(NC(=O)CC#N)cn3)n2)cn1. The monoisotopic (exact) mass is 323 g/mol. The molecule has 0 saturated heterocycles. The van der Waals surface area contributed by atoms with E-state index in [1.165, 1.54) is 10.9 Å². The first-order valence-electron chi connectivity index (χ1n) is 6.94. The van der Waals surface area contributed by atoms with E-state index in [1.54, 1.807) is 41.6 Å². The summed E-state index contributed by atoms with van der Waals surface area (Å²) in [7, 11) is 1.81. The van der Waals surface area contributed by atoms with Crippen molar-refractivity contribution >= 4 is 23.2 Å². The molecular weight excluding hydrogens is 310 g/mol. The Kier molecular flexibility index (Phi) is 4.15. The van der Waals surface area contributed by atoms with Crippen molar-refractivity contribution < 1.29 is 4.79 Å². The van der Waals surface area contributed by atoms with Gasteiger partial charge in [0.25, 0.3) is 0 Å². The third-order valence-electron chi connectivity index (χ3n) is 2.94. The van der Waals surface area contributed by atoms with E-state index in [0.717, 1.165) is 5.69 Å². The van der Waals surface area contributed by atoms with Crippen molar-refractivity contribution in [2.24, 2.45) is 7.05 Å². The molecule has 0 bridgehead atoms. The summed E-state index contributed by atoms with van der Waals surface area (Å²) in [6.45, 7) is 0. The molecule has 0 spiro atoms. The van der Waals surface area contributed by atoms with Crippen molar-refractivity contribution in [3.8, 4) is 11.9 Å². The van der Waals surface area contributed by atoms with E-state index in [0.29, 0.717) is 17.5 Å². The zero-order valence-electron chi connectivity index (χ0n) is 12.7. The van der Waals surface area contributed by atoms with Gasteiger partial charge < -0.3 is 10.6 Å². The smallest absolute Gasteiger partial charge is 0.238 e. The second kappa shape index (κ2) is 6.57. The minimum Gasteiger partial charge on any atom is -0.323 e. The van der Waals surface area contributed by atoms with Crippen LogP contribution in [-0.4, -0.2) is 35.4 Å². The zero-order chi connectivity index (χ0) is 16.9. The molecular formula is C14H13N9O. The quantitative estimate of drug-likeness (QED) is 0.717. The number of amides is 1. The molecule has 0 aromatic carbocycles. The Bertz CT molecular complexity index is 905. The second-order valence-electron chi connectivity index (χ2n) is 4.82. The largest absolute Gasteiger partial charge is 0.323 e. The minimum atomic E-state index is -0.390. The number of carbonyl (C=O) groups excluding carboxylic acids is 1. The van der Waals surface area contributed by atoms with Crippen molar-refractivity contribution in [2.75, 3.05) is 10.6 Å². The van der Waals surface area contributed by atoms with E-state index in [-0.39, 0.29) is 6.42 Å². The van der Waals surface area contributed by atoms with E-state index in [1.807, 2.05) is 7.05 Å². The van der Waals surface area contributed by atoms with Crippen LogP contribution in [0, 0.1) is 11.3 Å². The van der Waals surface area contributed by atoms with Crippen LogP contribution in [0.1, 0.15) is 6.42 Å². The molecule has 120 valence electrons. The molecule has 1 amide bonds. The number of aryl methyl sites for hydroxylation is 1. The van der Waals surface area contributed by atoms with Gasteiger partial charge in [0.05, 0.1) is 36.0 Å². The van der Waals surface area contributed by atoms with Gasteiger partial charge in [-0.25, -0.2) is 9.67 Å². The standard InChI is InChI=1S/C14H13N9O/c1-22-8-10(6-17-22)20-14-16-5-3-12(21-14)23-9-11(7-18-23)19-13(24)2-4-15/h3,5-9H,2H2,1H3,(H,19,24)(H,16,20,21). The maximum Gasteiger partial charge on any atom is 0.238 e. The molecule has 3 heterocycles. The van der Waals surface area contributed by atoms with Crippen LogP contribution in [0.3, 0.4) is 0 Å². The van der Waals surface area contributed by atoms with Gasteiger partial charge in [0.2, 0.25) is 11.9 Å². The van der Waals surface area contributed by atoms with Crippen LogP contribution >= 0.6 is 0 Å². The van der Waals surface area contributed by atoms with Gasteiger partial charge in [-0.1, -0.05) is 0 Å². The Labute approximate surface area is 136 Å². The molecule has 0 saturated carbocycles. The van der Waals surface area contributed by atoms with Crippen molar-refractivity contribution in [1.82, 2.24) is 29.5 Å². The molecule has 0 aliphatic carbocycles. The Hall–Kier alpha value is -3.74. The van der Waals surface area contributed by atoms with Crippen molar-refractivity contribution in [3.63, 3.8) is 0 Å². The molecule has 3 aromatic heterocycles. The summed E-state index contributed by atoms with van der Waals surface area (Å²) >= 11 is 0. The lowest BCUT2D eigenvalue weighted by Crippen LogP contribution is -2.09. The highest BCUT2D eigenvalue weighted by atomic mass is 16.1. The summed E-state index contributed by atoms with van der Waals surface area (Å²) in [6.07, 6.45) is 7.92. The van der Waals surface area contributed by atoms with Gasteiger partial charge in [0, 0.05) is 25.5 Å². The molecule has 0 radical (unpaired) electrons. The van der Waals surface area contributed by atoms with Gasteiger partial charge in [-0.2, -0.15) is 20.4 Å². The number of rotatable bonds is 5. The summed E-state index contributed by atoms with van der Waals surface area (Å²) in [6, 6.07) is 3.47. The van der Waals surface area contributed by atoms with Crippen LogP contribution in [0.25, 0.3) is 5.82 Å². The number of hydrogen-bond acceptors (Lipinski definition) is 7. The number of nitrogens with zero attached hydrogens (tertiary/aromatic N) is 7. The third-order valence-corrected chi connectivity index (χ3v) is 2.94. The Morgan fingerprint density at radius 3 is 2.88 bits per heavy atom. The number of carbonyl (C=O) groups is 1. The second-order valence-corrected chi connectivity index (χ2v) is 4.82. The first-order valence-corrected chi connectivity index (χ1v) is 6.94. The molecule has 0 atom stereocenters. The van der Waals surface area contributed by atoms with Gasteiger partial charge in [-0.05, 0) is 0 Å². The number of anilines is 3. The summed E-state index contributed by atoms with van der Waals surface area (Å²) in [5.41, 5.74) is 1.25. The minimum absolute atomic E-state index is 0.210. The Morgan fingerprint density at radius 2 is 2.12 bits per heavy atom. The van der Waals surface area contributed by atoms with Crippen molar-refractivity contribution in [1.29, 1.82) is 5.26 Å². The van der Waals surface area contributed by atoms with Gasteiger partial charge in [-0.3, -0.25) is 9.48 Å². The lowest BCUT2D eigenvalue weighted by molar-refractivity contribution is -0.115. The van der Waals surface area contributed by atoms with E-state index >= 15 is 0 Å². The van der Waals surface area contributed by atoms with Crippen molar-refractivity contribution in [2.45, 2.75) is 6.42 Å². The van der Waals surface area contributed by atoms with Gasteiger partial charge in [0.1, 0.15) is 6.42 Å². The van der Waals surface area contributed by atoms with Gasteiger partial charge >= 0.3 is 0 Å². The molecule has 10 heteroatoms. The van der Waals surface area contributed by atoms with Crippen molar-refractivity contribution in [3.05, 3.63) is 37.1 Å². The topological polar surface area (TPSA) is 126 Å². The lowest BCUT2D eigenvalue weighted by Gasteiger charge is -2.04. The van der Waals surface area contributed by atoms with Crippen LogP contribution < -0.4 is 10.6 Å². The van der Waals surface area contributed by atoms with E-state index in [9.17, 15) is 4.79 Å². The Morgan fingerprint density at radius 1 is 1.29 bits per heavy atom. The summed E-state index contributed by atoms with van der Waals surface area (Å²) < 4.78 is 3.16. The average molecular weight is 323 g/mol. The number of nitrogens with one attached hydrogen (secondary N) is 2. The number of aromatic nitrogens is 6. The predicted octanol–water partition coefficient (Wildman–Crippen LogP) is 0.992. The molecule has 0 unspecified atom stereocenters. The highest BCUT2D eigenvalue weighted by molar-refractivity contribution is 5.91. The van der Waals surface area contributed by atoms with Gasteiger partial charge in [-0.15, -0.1) is 0 Å². The molecule has 3 aromatic rings. The fraction of sp³-hybridized carbons (Fsp3) is 0.143. The third kappa shape index (κ3) is 3.53. The summed E-state index contributed by atoms with van der Waals surface area (Å²) in [5, 5.41) is 22.3. The fourth-order valence-corrected chi connectivity index (χ4v) is 1.94. The zero-order valence-corrected chi connectivity index (χ0v) is 12.7. The molecule has 2 N–H and O–H groups in total. The summed E-state index contributed by atoms with van der Waals surface area (Å²) in [5.74, 6) is 0.530. The molecule has 24 heavy (non-hydrogen) atoms. The highest BCUT2D eigenvalue weighted by Gasteiger charge is 2.07. The van der Waals surface area contributed by atoms with E-state index < -0.39 is 5.91 Å². The first-order chi connectivity index (χ1) is 11.6. The maximum atomic E-state index is 11.4. The van der Waals surface area contributed by atoms with Crippen LogP contribution in [-0.2, 0) is 11.8 Å². The average Bonchev–Trinajstić information content (AvgIpc) is 3.17. The molecule has 10 nitrogen and oxygen atoms in total. The molecule has 0 fully saturated rings. The normalized spacial score (nSPS) is 10.2. The molecule has 3 rings (SSSR count). The Balaban J connectivity index is 1.75. The highest BCUT2D eigenvalue weighted by Crippen LogP contribution is 2.14. The lowest BCUT2D eigenvalue weighted by atomic mass is 10.4. The molecule has 0 aliphatic rings. The van der Waals surface area contributed by atoms with Crippen LogP contribution in [0.2, 0.25) is 0 Å². The maximum absolute atomic E-state index is 11.4. The number of hydrogen-bond donors (Lipinski definition) is 2.